The number of likely N-dealkylation sites (N-methyl/N-ethyl adjacent to an activating group) is 1. The van der Waals surface area contributed by atoms with Crippen LogP contribution in [0.3, 0.4) is 0 Å². The Morgan fingerprint density at radius 3 is 2.91 bits per heavy atom. The molecule has 1 aromatic carbocycles. The van der Waals surface area contributed by atoms with Gasteiger partial charge >= 0.3 is 5.97 Å². The van der Waals surface area contributed by atoms with Gasteiger partial charge in [-0.3, -0.25) is 4.79 Å². The third-order valence-corrected chi connectivity index (χ3v) is 4.00. The van der Waals surface area contributed by atoms with Gasteiger partial charge in [0.25, 0.3) is 0 Å². The second-order valence-electron chi connectivity index (χ2n) is 5.65. The molecule has 1 aromatic rings. The zero-order chi connectivity index (χ0) is 16.1. The molecule has 0 radical (unpaired) electrons. The van der Waals surface area contributed by atoms with Gasteiger partial charge < -0.3 is 25.2 Å². The molecule has 0 amide bonds. The molecule has 1 fully saturated rings. The first-order chi connectivity index (χ1) is 10.6. The van der Waals surface area contributed by atoms with E-state index in [0.717, 1.165) is 25.9 Å². The van der Waals surface area contributed by atoms with Crippen molar-refractivity contribution in [3.8, 4) is 11.5 Å². The van der Waals surface area contributed by atoms with Gasteiger partial charge in [-0.1, -0.05) is 12.1 Å². The Hall–Kier alpha value is -1.79. The second kappa shape index (κ2) is 7.47. The number of carbonyl (C=O) groups is 1. The summed E-state index contributed by atoms with van der Waals surface area (Å²) in [5.74, 6) is -0.712. The number of carboxylic acid groups (broad SMARTS) is 1. The zero-order valence-electron chi connectivity index (χ0n) is 13.1. The number of nitrogens with two attached hydrogens (primary N) is 1. The summed E-state index contributed by atoms with van der Waals surface area (Å²) in [4.78, 5) is 13.6. The lowest BCUT2D eigenvalue weighted by Crippen LogP contribution is -2.38. The molecule has 22 heavy (non-hydrogen) atoms. The summed E-state index contributed by atoms with van der Waals surface area (Å²) in [5, 5.41) is 9.31. The molecule has 0 aromatic heterocycles. The quantitative estimate of drug-likeness (QED) is 0.824. The van der Waals surface area contributed by atoms with Crippen molar-refractivity contribution in [2.45, 2.75) is 24.9 Å². The Balaban J connectivity index is 2.26. The normalized spacial score (nSPS) is 20.4. The minimum Gasteiger partial charge on any atom is -0.493 e. The number of benzene rings is 1. The van der Waals surface area contributed by atoms with Gasteiger partial charge in [0.05, 0.1) is 13.0 Å². The van der Waals surface area contributed by atoms with Crippen LogP contribution in [0.4, 0.5) is 0 Å². The Bertz CT molecular complexity index is 521. The van der Waals surface area contributed by atoms with Crippen LogP contribution in [0.15, 0.2) is 18.2 Å². The highest BCUT2D eigenvalue weighted by molar-refractivity contribution is 5.78. The first-order valence-electron chi connectivity index (χ1n) is 7.51. The number of hydrogen-bond acceptors (Lipinski definition) is 5. The van der Waals surface area contributed by atoms with Crippen molar-refractivity contribution in [3.05, 3.63) is 23.8 Å². The van der Waals surface area contributed by atoms with E-state index >= 15 is 0 Å². The summed E-state index contributed by atoms with van der Waals surface area (Å²) in [6, 6.07) is 5.32. The highest BCUT2D eigenvalue weighted by atomic mass is 16.5. The fourth-order valence-corrected chi connectivity index (χ4v) is 2.87. The topological polar surface area (TPSA) is 85.0 Å². The number of hydrogen-bond donors (Lipinski definition) is 2. The van der Waals surface area contributed by atoms with Crippen LogP contribution < -0.4 is 15.2 Å². The van der Waals surface area contributed by atoms with Crippen molar-refractivity contribution >= 4 is 5.97 Å². The van der Waals surface area contributed by atoms with Gasteiger partial charge in [0.15, 0.2) is 11.5 Å². The molecule has 0 spiro atoms. The smallest absolute Gasteiger partial charge is 0.312 e. The highest BCUT2D eigenvalue weighted by Gasteiger charge is 2.26. The van der Waals surface area contributed by atoms with Gasteiger partial charge in [0, 0.05) is 18.7 Å². The monoisotopic (exact) mass is 308 g/mol. The molecule has 2 unspecified atom stereocenters. The summed E-state index contributed by atoms with van der Waals surface area (Å²) >= 11 is 0. The van der Waals surface area contributed by atoms with E-state index < -0.39 is 11.9 Å². The van der Waals surface area contributed by atoms with Gasteiger partial charge in [-0.15, -0.1) is 0 Å². The number of para-hydroxylation sites is 1. The average molecular weight is 308 g/mol. The predicted molar refractivity (Wildman–Crippen MR) is 83.6 cm³/mol. The molecule has 2 atom stereocenters. The number of piperidine rings is 1. The first kappa shape index (κ1) is 16.6. The van der Waals surface area contributed by atoms with Crippen LogP contribution in [0.2, 0.25) is 0 Å². The number of likely N-dealkylation sites (tertiary alicyclic amines) is 1. The van der Waals surface area contributed by atoms with Crippen LogP contribution >= 0.6 is 0 Å². The van der Waals surface area contributed by atoms with Gasteiger partial charge in [-0.25, -0.2) is 0 Å². The van der Waals surface area contributed by atoms with Crippen molar-refractivity contribution in [2.24, 2.45) is 5.73 Å². The molecular formula is C16H24N2O4. The van der Waals surface area contributed by atoms with E-state index in [4.69, 9.17) is 15.2 Å². The number of nitrogens with zero attached hydrogens (tertiary/aromatic N) is 1. The van der Waals surface area contributed by atoms with E-state index in [1.54, 1.807) is 12.1 Å². The van der Waals surface area contributed by atoms with Crippen LogP contribution in [0, 0.1) is 0 Å². The molecule has 1 aliphatic heterocycles. The molecule has 0 saturated carbocycles. The van der Waals surface area contributed by atoms with Crippen LogP contribution in [0.1, 0.15) is 24.3 Å². The highest BCUT2D eigenvalue weighted by Crippen LogP contribution is 2.36. The molecular weight excluding hydrogens is 284 g/mol. The predicted octanol–water partition coefficient (Wildman–Crippen LogP) is 1.30. The van der Waals surface area contributed by atoms with E-state index in [-0.39, 0.29) is 12.6 Å². The number of aliphatic carboxylic acids is 1. The molecule has 1 aliphatic rings. The second-order valence-corrected chi connectivity index (χ2v) is 5.65. The minimum atomic E-state index is -0.963. The molecule has 1 saturated heterocycles. The van der Waals surface area contributed by atoms with Gasteiger partial charge in [0.1, 0.15) is 6.10 Å². The van der Waals surface area contributed by atoms with E-state index in [2.05, 4.69) is 11.9 Å². The molecule has 0 aliphatic carbocycles. The van der Waals surface area contributed by atoms with E-state index in [9.17, 15) is 9.90 Å². The third kappa shape index (κ3) is 3.69. The molecule has 1 heterocycles. The Morgan fingerprint density at radius 2 is 2.32 bits per heavy atom. The maximum absolute atomic E-state index is 11.4. The van der Waals surface area contributed by atoms with Gasteiger partial charge in [-0.2, -0.15) is 0 Å². The van der Waals surface area contributed by atoms with Crippen LogP contribution in [0.25, 0.3) is 0 Å². The van der Waals surface area contributed by atoms with Crippen molar-refractivity contribution in [1.29, 1.82) is 0 Å². The zero-order valence-corrected chi connectivity index (χ0v) is 13.1. The first-order valence-corrected chi connectivity index (χ1v) is 7.51. The van der Waals surface area contributed by atoms with Crippen LogP contribution in [-0.4, -0.2) is 55.9 Å². The maximum Gasteiger partial charge on any atom is 0.312 e. The summed E-state index contributed by atoms with van der Waals surface area (Å²) in [5.41, 5.74) is 6.15. The molecule has 2 rings (SSSR count). The average Bonchev–Trinajstić information content (AvgIpc) is 2.48. The van der Waals surface area contributed by atoms with Crippen molar-refractivity contribution in [1.82, 2.24) is 4.90 Å². The maximum atomic E-state index is 11.4. The lowest BCUT2D eigenvalue weighted by Gasteiger charge is -2.30. The fraction of sp³-hybridized carbons (Fsp3) is 0.562. The molecule has 3 N–H and O–H groups in total. The van der Waals surface area contributed by atoms with E-state index in [1.165, 1.54) is 7.11 Å². The minimum absolute atomic E-state index is 0.0152. The Morgan fingerprint density at radius 1 is 1.55 bits per heavy atom. The SMILES string of the molecule is COc1c(OC2CCCN(C)C2)cccc1C(CN)C(=O)O. The Labute approximate surface area is 130 Å². The number of carboxylic acids is 1. The largest absolute Gasteiger partial charge is 0.493 e. The van der Waals surface area contributed by atoms with Crippen molar-refractivity contribution in [3.63, 3.8) is 0 Å². The summed E-state index contributed by atoms with van der Waals surface area (Å²) in [6.45, 7) is 1.94. The van der Waals surface area contributed by atoms with Gasteiger partial charge in [-0.05, 0) is 32.5 Å². The fourth-order valence-electron chi connectivity index (χ4n) is 2.87. The standard InChI is InChI=1S/C16H24N2O4/c1-18-8-4-5-11(10-18)22-14-7-3-6-12(15(14)21-2)13(9-17)16(19)20/h3,6-7,11,13H,4-5,8-10,17H2,1-2H3,(H,19,20). The Kier molecular flexibility index (Phi) is 5.63. The number of rotatable bonds is 6. The third-order valence-electron chi connectivity index (χ3n) is 4.00. The molecule has 6 heteroatoms. The van der Waals surface area contributed by atoms with Crippen molar-refractivity contribution in [2.75, 3.05) is 33.8 Å². The molecule has 0 bridgehead atoms. The number of ether oxygens (including phenoxy) is 2. The van der Waals surface area contributed by atoms with Crippen molar-refractivity contribution < 1.29 is 19.4 Å². The number of methoxy groups -OCH3 is 1. The van der Waals surface area contributed by atoms with Gasteiger partial charge in [0.2, 0.25) is 0 Å². The summed E-state index contributed by atoms with van der Waals surface area (Å²) in [6.07, 6.45) is 2.16. The van der Waals surface area contributed by atoms with Crippen LogP contribution in [0.5, 0.6) is 11.5 Å². The molecule has 6 nitrogen and oxygen atoms in total. The van der Waals surface area contributed by atoms with Crippen LogP contribution in [-0.2, 0) is 4.79 Å². The lowest BCUT2D eigenvalue weighted by molar-refractivity contribution is -0.138. The van der Waals surface area contributed by atoms with E-state index in [1.807, 2.05) is 6.07 Å². The lowest BCUT2D eigenvalue weighted by atomic mass is 9.98. The summed E-state index contributed by atoms with van der Waals surface area (Å²) in [7, 11) is 3.59. The van der Waals surface area contributed by atoms with E-state index in [0.29, 0.717) is 17.1 Å². The summed E-state index contributed by atoms with van der Waals surface area (Å²) < 4.78 is 11.5. The molecule has 122 valence electrons.